The van der Waals surface area contributed by atoms with Gasteiger partial charge in [-0.2, -0.15) is 0 Å². The molecule has 0 heterocycles. The number of ether oxygens (including phenoxy) is 2. The second-order valence-electron chi connectivity index (χ2n) is 19.1. The number of unbranched alkanes of at least 4 members (excludes halogenated alkanes) is 4. The Labute approximate surface area is 450 Å². The van der Waals surface area contributed by atoms with Crippen molar-refractivity contribution in [2.24, 2.45) is 0 Å². The summed E-state index contributed by atoms with van der Waals surface area (Å²) in [6, 6.07) is 40.5. The molecule has 0 aliphatic carbocycles. The van der Waals surface area contributed by atoms with Crippen molar-refractivity contribution >= 4 is 63.6 Å². The maximum absolute atomic E-state index is 11.9. The number of hydrogen-bond acceptors (Lipinski definition) is 7. The highest BCUT2D eigenvalue weighted by atomic mass is 32.1. The Morgan fingerprint density at radius 3 is 1.32 bits per heavy atom. The second-order valence-corrected chi connectivity index (χ2v) is 19.9. The lowest BCUT2D eigenvalue weighted by atomic mass is 10.1. The number of aryl methyl sites for hydroxylation is 6. The van der Waals surface area contributed by atoms with Crippen LogP contribution < -0.4 is 30.7 Å². The van der Waals surface area contributed by atoms with Crippen molar-refractivity contribution in [3.05, 3.63) is 177 Å². The number of carbonyl (C=O) groups excluding carboxylic acids is 1. The third-order valence-electron chi connectivity index (χ3n) is 10.0. The van der Waals surface area contributed by atoms with Crippen molar-refractivity contribution in [2.45, 2.75) is 119 Å². The van der Waals surface area contributed by atoms with Crippen molar-refractivity contribution in [1.29, 1.82) is 0 Å². The molecule has 0 spiro atoms. The number of benzene rings is 6. The molecule has 0 saturated carbocycles. The van der Waals surface area contributed by atoms with Crippen LogP contribution in [0.25, 0.3) is 0 Å². The lowest BCUT2D eigenvalue weighted by Crippen LogP contribution is -2.19. The molecular weight excluding hydrogens is 957 g/mol. The molecule has 0 atom stereocenters. The standard InChI is InChI=1S/C23H28N2S.C20H22N2OS.C20H20O4/c1-4-5-6-7-8-9-11-20-12-10-13-21(17-20)24-23(26)25-22-15-18(2)14-19(3)16-22;1-14-10-15(2)12-18(11-14)22-19(24)21-17-7-5-6-16(13-17)8-9-20(3,4)23;1-14-10-15(2)12-18(11-14)24-19(21)23-17-7-5-6-16(13-17)8-9-20(3,4)22/h10,12-17H,4-8H2,1-3H3,(H2,24,25,26);5-7,10-13,23H,1-4H3,(H2,21,22,24);5-7,10-13,22H,1-4H3. The van der Waals surface area contributed by atoms with E-state index in [0.717, 1.165) is 51.4 Å². The summed E-state index contributed by atoms with van der Waals surface area (Å²) in [4.78, 5) is 11.9. The number of hydrogen-bond donors (Lipinski definition) is 6. The number of rotatable bonds is 10. The molecule has 384 valence electrons. The predicted octanol–water partition coefficient (Wildman–Crippen LogP) is 14.7. The van der Waals surface area contributed by atoms with Crippen molar-refractivity contribution in [2.75, 3.05) is 21.3 Å². The highest BCUT2D eigenvalue weighted by Crippen LogP contribution is 2.21. The Morgan fingerprint density at radius 2 is 0.878 bits per heavy atom. The molecule has 74 heavy (non-hydrogen) atoms. The maximum atomic E-state index is 11.9. The summed E-state index contributed by atoms with van der Waals surface area (Å²) < 4.78 is 10.4. The zero-order chi connectivity index (χ0) is 54.3. The molecule has 0 unspecified atom stereocenters. The van der Waals surface area contributed by atoms with Gasteiger partial charge >= 0.3 is 6.16 Å². The number of aliphatic hydroxyl groups is 2. The van der Waals surface area contributed by atoms with E-state index in [2.05, 4.69) is 116 Å². The molecule has 6 aromatic rings. The van der Waals surface area contributed by atoms with Gasteiger partial charge in [0.05, 0.1) is 0 Å². The van der Waals surface area contributed by atoms with Crippen LogP contribution >= 0.6 is 24.4 Å². The maximum Gasteiger partial charge on any atom is 0.519 e. The fraction of sp³-hybridized carbons (Fsp3) is 0.286. The molecule has 0 radical (unpaired) electrons. The van der Waals surface area contributed by atoms with Gasteiger partial charge in [-0.25, -0.2) is 4.79 Å². The van der Waals surface area contributed by atoms with Crippen LogP contribution in [0.2, 0.25) is 0 Å². The average molecular weight is 1030 g/mol. The molecule has 9 nitrogen and oxygen atoms in total. The molecule has 6 aromatic carbocycles. The topological polar surface area (TPSA) is 124 Å². The number of nitrogens with one attached hydrogen (secondary N) is 4. The third-order valence-corrected chi connectivity index (χ3v) is 10.5. The largest absolute Gasteiger partial charge is 0.519 e. The summed E-state index contributed by atoms with van der Waals surface area (Å²) in [6.45, 7) is 20.9. The zero-order valence-corrected chi connectivity index (χ0v) is 46.2. The second kappa shape index (κ2) is 29.3. The first-order valence-corrected chi connectivity index (χ1v) is 25.4. The van der Waals surface area contributed by atoms with Crippen molar-refractivity contribution in [3.8, 4) is 47.0 Å². The van der Waals surface area contributed by atoms with E-state index in [1.165, 1.54) is 47.9 Å². The Bertz CT molecular complexity index is 2880. The lowest BCUT2D eigenvalue weighted by molar-refractivity contribution is 0.143. The Kier molecular flexibility index (Phi) is 23.4. The smallest absolute Gasteiger partial charge is 0.395 e. The van der Waals surface area contributed by atoms with Gasteiger partial charge in [0.2, 0.25) is 0 Å². The van der Waals surface area contributed by atoms with E-state index in [0.29, 0.717) is 27.3 Å². The molecule has 0 amide bonds. The number of anilines is 4. The highest BCUT2D eigenvalue weighted by Gasteiger charge is 2.11. The normalized spacial score (nSPS) is 10.3. The summed E-state index contributed by atoms with van der Waals surface area (Å²) in [5, 5.41) is 33.2. The molecule has 0 fully saturated rings. The minimum absolute atomic E-state index is 0.326. The van der Waals surface area contributed by atoms with Gasteiger partial charge in [-0.3, -0.25) is 0 Å². The summed E-state index contributed by atoms with van der Waals surface area (Å²) >= 11 is 10.8. The first-order chi connectivity index (χ1) is 35.0. The van der Waals surface area contributed by atoms with Gasteiger partial charge in [-0.15, -0.1) is 0 Å². The van der Waals surface area contributed by atoms with Crippen LogP contribution in [-0.2, 0) is 0 Å². The zero-order valence-electron chi connectivity index (χ0n) is 44.6. The van der Waals surface area contributed by atoms with Gasteiger partial charge in [-0.05, 0) is 224 Å². The average Bonchev–Trinajstić information content (AvgIpc) is 3.28. The molecule has 0 bridgehead atoms. The van der Waals surface area contributed by atoms with Gasteiger partial charge in [0.25, 0.3) is 0 Å². The van der Waals surface area contributed by atoms with Crippen molar-refractivity contribution in [1.82, 2.24) is 0 Å². The summed E-state index contributed by atoms with van der Waals surface area (Å²) in [7, 11) is 0. The van der Waals surface area contributed by atoms with Crippen LogP contribution in [0.3, 0.4) is 0 Å². The van der Waals surface area contributed by atoms with Crippen LogP contribution in [0.5, 0.6) is 11.5 Å². The van der Waals surface area contributed by atoms with Crippen LogP contribution in [0.15, 0.2) is 127 Å². The van der Waals surface area contributed by atoms with Crippen LogP contribution in [0.1, 0.15) is 117 Å². The van der Waals surface area contributed by atoms with E-state index in [4.69, 9.17) is 33.9 Å². The van der Waals surface area contributed by atoms with E-state index in [1.54, 1.807) is 64.1 Å². The van der Waals surface area contributed by atoms with Crippen molar-refractivity contribution in [3.63, 3.8) is 0 Å². The van der Waals surface area contributed by atoms with Gasteiger partial charge in [0.15, 0.2) is 10.2 Å². The number of thiocarbonyl (C=S) groups is 2. The Hall–Kier alpha value is -7.43. The summed E-state index contributed by atoms with van der Waals surface area (Å²) in [5.41, 5.74) is 10.9. The minimum Gasteiger partial charge on any atom is -0.395 e. The molecular formula is C63H70N4O5S2. The molecule has 6 rings (SSSR count). The summed E-state index contributed by atoms with van der Waals surface area (Å²) in [6.07, 6.45) is 5.16. The lowest BCUT2D eigenvalue weighted by Gasteiger charge is -2.12. The quantitative estimate of drug-likeness (QED) is 0.0258. The Morgan fingerprint density at radius 1 is 0.486 bits per heavy atom. The van der Waals surface area contributed by atoms with Crippen LogP contribution in [0.4, 0.5) is 27.5 Å². The monoisotopic (exact) mass is 1030 g/mol. The van der Waals surface area contributed by atoms with Gasteiger partial charge in [0.1, 0.15) is 22.7 Å². The van der Waals surface area contributed by atoms with Gasteiger partial charge in [-0.1, -0.05) is 98.1 Å². The first-order valence-electron chi connectivity index (χ1n) is 24.6. The molecule has 0 aromatic heterocycles. The molecule has 0 aliphatic rings. The van der Waals surface area contributed by atoms with Crippen molar-refractivity contribution < 1.29 is 24.5 Å². The molecule has 0 saturated heterocycles. The van der Waals surface area contributed by atoms with E-state index in [-0.39, 0.29) is 0 Å². The SMILES string of the molecule is CCCCCCC#Cc1cccc(NC(=S)Nc2cc(C)cc(C)c2)c1.Cc1cc(C)cc(NC(=S)Nc2cccc(C#CC(C)(C)O)c2)c1.Cc1cc(C)cc(OC(=O)Oc2cccc(C#CC(C)(C)O)c2)c1. The van der Waals surface area contributed by atoms with E-state index < -0.39 is 17.4 Å². The Balaban J connectivity index is 0.000000241. The van der Waals surface area contributed by atoms with E-state index in [9.17, 15) is 15.0 Å². The van der Waals surface area contributed by atoms with Crippen LogP contribution in [-0.4, -0.2) is 37.8 Å². The molecule has 0 aliphatic heterocycles. The number of carbonyl (C=O) groups is 1. The van der Waals surface area contributed by atoms with E-state index in [1.807, 2.05) is 80.6 Å². The fourth-order valence-electron chi connectivity index (χ4n) is 7.13. The third kappa shape index (κ3) is 24.8. The van der Waals surface area contributed by atoms with Gasteiger partial charge < -0.3 is 41.0 Å². The van der Waals surface area contributed by atoms with Gasteiger partial charge in [0, 0.05) is 45.9 Å². The molecule has 11 heteroatoms. The predicted molar refractivity (Wildman–Crippen MR) is 315 cm³/mol. The fourth-order valence-corrected chi connectivity index (χ4v) is 7.60. The van der Waals surface area contributed by atoms with E-state index >= 15 is 0 Å². The molecule has 6 N–H and O–H groups in total. The van der Waals surface area contributed by atoms with Crippen LogP contribution in [0, 0.1) is 77.1 Å². The highest BCUT2D eigenvalue weighted by molar-refractivity contribution is 7.81. The summed E-state index contributed by atoms with van der Waals surface area (Å²) in [5.74, 6) is 18.6. The first kappa shape index (κ1) is 59.1. The minimum atomic E-state index is -1.08.